The fourth-order valence-electron chi connectivity index (χ4n) is 1.53. The van der Waals surface area contributed by atoms with E-state index in [1.807, 2.05) is 13.0 Å². The molecular formula is C12H15N3O3S. The Bertz CT molecular complexity index is 603. The molecule has 2 aromatic heterocycles. The minimum absolute atomic E-state index is 0.222. The van der Waals surface area contributed by atoms with Crippen molar-refractivity contribution in [1.82, 2.24) is 15.1 Å². The van der Waals surface area contributed by atoms with Crippen LogP contribution in [0.1, 0.15) is 28.0 Å². The summed E-state index contributed by atoms with van der Waals surface area (Å²) in [4.78, 5) is 14.8. The van der Waals surface area contributed by atoms with Gasteiger partial charge in [0, 0.05) is 14.0 Å². The minimum Gasteiger partial charge on any atom is -0.420 e. The van der Waals surface area contributed by atoms with Crippen LogP contribution in [-0.2, 0) is 0 Å². The number of hydrogen-bond donors (Lipinski definition) is 1. The third-order valence-electron chi connectivity index (χ3n) is 2.73. The average molecular weight is 281 g/mol. The molecule has 19 heavy (non-hydrogen) atoms. The van der Waals surface area contributed by atoms with Crippen LogP contribution in [0, 0.1) is 13.8 Å². The van der Waals surface area contributed by atoms with E-state index in [-0.39, 0.29) is 5.91 Å². The summed E-state index contributed by atoms with van der Waals surface area (Å²) in [5.41, 5.74) is 0.827. The van der Waals surface area contributed by atoms with Crippen LogP contribution in [0.5, 0.6) is 0 Å². The van der Waals surface area contributed by atoms with Gasteiger partial charge in [-0.1, -0.05) is 0 Å². The Kier molecular flexibility index (Phi) is 3.68. The lowest BCUT2D eigenvalue weighted by Gasteiger charge is -2.19. The molecule has 1 unspecified atom stereocenters. The maximum Gasteiger partial charge on any atom is 0.265 e. The smallest absolute Gasteiger partial charge is 0.265 e. The van der Waals surface area contributed by atoms with Crippen molar-refractivity contribution in [1.29, 1.82) is 0 Å². The van der Waals surface area contributed by atoms with Gasteiger partial charge >= 0.3 is 0 Å². The summed E-state index contributed by atoms with van der Waals surface area (Å²) < 4.78 is 5.34. The van der Waals surface area contributed by atoms with Gasteiger partial charge in [0.2, 0.25) is 5.89 Å². The van der Waals surface area contributed by atoms with Crippen LogP contribution in [0.4, 0.5) is 0 Å². The Morgan fingerprint density at radius 1 is 1.47 bits per heavy atom. The molecule has 1 N–H and O–H groups in total. The van der Waals surface area contributed by atoms with E-state index in [4.69, 9.17) is 4.42 Å². The molecule has 0 radical (unpaired) electrons. The van der Waals surface area contributed by atoms with Gasteiger partial charge in [-0.05, 0) is 25.5 Å². The van der Waals surface area contributed by atoms with Crippen LogP contribution in [-0.4, -0.2) is 39.4 Å². The molecule has 0 bridgehead atoms. The van der Waals surface area contributed by atoms with Gasteiger partial charge in [-0.3, -0.25) is 4.79 Å². The largest absolute Gasteiger partial charge is 0.420 e. The van der Waals surface area contributed by atoms with Gasteiger partial charge in [0.1, 0.15) is 6.23 Å². The Balaban J connectivity index is 2.34. The second kappa shape index (κ2) is 5.10. The van der Waals surface area contributed by atoms with Gasteiger partial charge in [0.15, 0.2) is 0 Å². The van der Waals surface area contributed by atoms with E-state index in [1.165, 1.54) is 16.2 Å². The summed E-state index contributed by atoms with van der Waals surface area (Å²) in [7, 11) is 1.56. The van der Waals surface area contributed by atoms with E-state index in [9.17, 15) is 9.90 Å². The maximum absolute atomic E-state index is 12.2. The number of nitrogens with zero attached hydrogens (tertiary/aromatic N) is 3. The van der Waals surface area contributed by atoms with Crippen LogP contribution in [0.15, 0.2) is 10.5 Å². The molecule has 0 aliphatic carbocycles. The molecule has 0 aliphatic rings. The predicted molar refractivity (Wildman–Crippen MR) is 70.9 cm³/mol. The Morgan fingerprint density at radius 3 is 2.68 bits per heavy atom. The third kappa shape index (κ3) is 2.66. The highest BCUT2D eigenvalue weighted by Crippen LogP contribution is 2.31. The van der Waals surface area contributed by atoms with Gasteiger partial charge in [-0.15, -0.1) is 21.5 Å². The molecule has 2 aromatic rings. The molecule has 2 heterocycles. The van der Waals surface area contributed by atoms with Crippen molar-refractivity contribution in [2.75, 3.05) is 7.05 Å². The highest BCUT2D eigenvalue weighted by molar-refractivity contribution is 7.17. The van der Waals surface area contributed by atoms with Crippen LogP contribution in [0.3, 0.4) is 0 Å². The molecule has 7 heteroatoms. The first kappa shape index (κ1) is 13.7. The molecule has 0 saturated heterocycles. The predicted octanol–water partition coefficient (Wildman–Crippen LogP) is 1.83. The molecule has 0 fully saturated rings. The van der Waals surface area contributed by atoms with Crippen molar-refractivity contribution in [3.63, 3.8) is 0 Å². The molecule has 0 spiro atoms. The number of rotatable bonds is 3. The summed E-state index contributed by atoms with van der Waals surface area (Å²) in [5, 5.41) is 17.1. The number of aryl methyl sites for hydroxylation is 2. The lowest BCUT2D eigenvalue weighted by atomic mass is 10.2. The topological polar surface area (TPSA) is 79.5 Å². The normalized spacial score (nSPS) is 12.5. The maximum atomic E-state index is 12.2. The van der Waals surface area contributed by atoms with E-state index in [0.29, 0.717) is 16.7 Å². The molecule has 1 atom stereocenters. The second-order valence-electron chi connectivity index (χ2n) is 4.30. The SMILES string of the molecule is Cc1nnc(-c2cc(C)c(C(=O)N(C)C(C)O)s2)o1. The molecule has 2 rings (SSSR count). The first-order valence-corrected chi connectivity index (χ1v) is 6.58. The number of amides is 1. The Hall–Kier alpha value is -1.73. The van der Waals surface area contributed by atoms with Crippen LogP contribution < -0.4 is 0 Å². The van der Waals surface area contributed by atoms with Gasteiger partial charge < -0.3 is 14.4 Å². The monoisotopic (exact) mass is 281 g/mol. The zero-order chi connectivity index (χ0) is 14.2. The fourth-order valence-corrected chi connectivity index (χ4v) is 2.60. The highest BCUT2D eigenvalue weighted by atomic mass is 32.1. The summed E-state index contributed by atoms with van der Waals surface area (Å²) in [6.07, 6.45) is -0.830. The first-order chi connectivity index (χ1) is 8.90. The van der Waals surface area contributed by atoms with Crippen LogP contribution >= 0.6 is 11.3 Å². The molecular weight excluding hydrogens is 266 g/mol. The number of hydrogen-bond acceptors (Lipinski definition) is 6. The van der Waals surface area contributed by atoms with Crippen molar-refractivity contribution < 1.29 is 14.3 Å². The summed E-state index contributed by atoms with van der Waals surface area (Å²) in [6.45, 7) is 5.10. The standard InChI is InChI=1S/C12H15N3O3S/c1-6-5-9(11-14-13-7(2)18-11)19-10(6)12(17)15(4)8(3)16/h5,8,16H,1-4H3. The number of aliphatic hydroxyl groups excluding tert-OH is 1. The molecule has 1 amide bonds. The van der Waals surface area contributed by atoms with E-state index in [0.717, 1.165) is 10.4 Å². The summed E-state index contributed by atoms with van der Waals surface area (Å²) in [5.74, 6) is 0.666. The minimum atomic E-state index is -0.830. The van der Waals surface area contributed by atoms with E-state index in [1.54, 1.807) is 20.9 Å². The fraction of sp³-hybridized carbons (Fsp3) is 0.417. The second-order valence-corrected chi connectivity index (χ2v) is 5.35. The molecule has 0 aliphatic heterocycles. The number of thiophene rings is 1. The van der Waals surface area contributed by atoms with Gasteiger partial charge in [0.05, 0.1) is 9.75 Å². The lowest BCUT2D eigenvalue weighted by molar-refractivity contribution is 0.0297. The van der Waals surface area contributed by atoms with Crippen molar-refractivity contribution in [2.24, 2.45) is 0 Å². The molecule has 6 nitrogen and oxygen atoms in total. The lowest BCUT2D eigenvalue weighted by Crippen LogP contribution is -2.34. The van der Waals surface area contributed by atoms with Crippen molar-refractivity contribution in [2.45, 2.75) is 27.0 Å². The zero-order valence-corrected chi connectivity index (χ0v) is 12.0. The summed E-state index contributed by atoms with van der Waals surface area (Å²) >= 11 is 1.28. The number of aromatic nitrogens is 2. The first-order valence-electron chi connectivity index (χ1n) is 5.76. The number of carbonyl (C=O) groups excluding carboxylic acids is 1. The van der Waals surface area contributed by atoms with Crippen LogP contribution in [0.2, 0.25) is 0 Å². The third-order valence-corrected chi connectivity index (χ3v) is 3.94. The van der Waals surface area contributed by atoms with Crippen molar-refractivity contribution in [3.8, 4) is 10.8 Å². The number of aliphatic hydroxyl groups is 1. The van der Waals surface area contributed by atoms with E-state index in [2.05, 4.69) is 10.2 Å². The Labute approximate surface area is 114 Å². The zero-order valence-electron chi connectivity index (χ0n) is 11.2. The molecule has 0 aromatic carbocycles. The quantitative estimate of drug-likeness (QED) is 0.868. The molecule has 0 saturated carbocycles. The van der Waals surface area contributed by atoms with Crippen LogP contribution in [0.25, 0.3) is 10.8 Å². The van der Waals surface area contributed by atoms with Gasteiger partial charge in [0.25, 0.3) is 11.8 Å². The van der Waals surface area contributed by atoms with Crippen molar-refractivity contribution in [3.05, 3.63) is 22.4 Å². The van der Waals surface area contributed by atoms with E-state index < -0.39 is 6.23 Å². The van der Waals surface area contributed by atoms with Gasteiger partial charge in [-0.2, -0.15) is 0 Å². The Morgan fingerprint density at radius 2 is 2.16 bits per heavy atom. The van der Waals surface area contributed by atoms with Gasteiger partial charge in [-0.25, -0.2) is 0 Å². The average Bonchev–Trinajstić information content (AvgIpc) is 2.93. The molecule has 102 valence electrons. The highest BCUT2D eigenvalue weighted by Gasteiger charge is 2.22. The van der Waals surface area contributed by atoms with E-state index >= 15 is 0 Å². The number of carbonyl (C=O) groups is 1. The van der Waals surface area contributed by atoms with Crippen molar-refractivity contribution >= 4 is 17.2 Å². The summed E-state index contributed by atoms with van der Waals surface area (Å²) in [6, 6.07) is 1.83.